The number of methoxy groups -OCH3 is 1. The van der Waals surface area contributed by atoms with Crippen LogP contribution in [0.5, 0.6) is 5.75 Å². The minimum absolute atomic E-state index is 0.0306. The van der Waals surface area contributed by atoms with Gasteiger partial charge in [0.1, 0.15) is 0 Å². The van der Waals surface area contributed by atoms with Crippen LogP contribution in [0.3, 0.4) is 0 Å². The number of aryl methyl sites for hydroxylation is 2. The Hall–Kier alpha value is -3.53. The van der Waals surface area contributed by atoms with Crippen LogP contribution in [0.25, 0.3) is 0 Å². The van der Waals surface area contributed by atoms with Crippen LogP contribution >= 0.6 is 0 Å². The molecule has 31 heavy (non-hydrogen) atoms. The quantitative estimate of drug-likeness (QED) is 0.478. The second-order valence-corrected chi connectivity index (χ2v) is 7.07. The van der Waals surface area contributed by atoms with Crippen molar-refractivity contribution in [2.75, 3.05) is 19.5 Å². The highest BCUT2D eigenvalue weighted by Crippen LogP contribution is 2.24. The summed E-state index contributed by atoms with van der Waals surface area (Å²) < 4.78 is 21.3. The fourth-order valence-corrected chi connectivity index (χ4v) is 3.02. The zero-order valence-electron chi connectivity index (χ0n) is 17.6. The highest BCUT2D eigenvalue weighted by molar-refractivity contribution is 5.94. The van der Waals surface area contributed by atoms with Crippen LogP contribution in [0.1, 0.15) is 28.4 Å². The van der Waals surface area contributed by atoms with E-state index in [1.54, 1.807) is 36.4 Å². The molecule has 2 heterocycles. The molecule has 0 radical (unpaired) electrons. The Morgan fingerprint density at radius 2 is 2.00 bits per heavy atom. The molecule has 0 aliphatic heterocycles. The van der Waals surface area contributed by atoms with Crippen molar-refractivity contribution < 1.29 is 19.0 Å². The minimum Gasteiger partial charge on any atom is -0.494 e. The first-order valence-electron chi connectivity index (χ1n) is 9.76. The third-order valence-electron chi connectivity index (χ3n) is 4.55. The number of halogens is 1. The van der Waals surface area contributed by atoms with E-state index in [1.165, 1.54) is 26.3 Å². The Balaban J connectivity index is 1.65. The van der Waals surface area contributed by atoms with Gasteiger partial charge in [-0.3, -0.25) is 9.48 Å². The van der Waals surface area contributed by atoms with Gasteiger partial charge < -0.3 is 20.5 Å². The minimum atomic E-state index is -0.495. The fourth-order valence-electron chi connectivity index (χ4n) is 3.02. The maximum absolute atomic E-state index is 14.6. The van der Waals surface area contributed by atoms with Gasteiger partial charge in [0.05, 0.1) is 31.6 Å². The molecule has 9 nitrogen and oxygen atoms in total. The lowest BCUT2D eigenvalue weighted by Gasteiger charge is -2.11. The Morgan fingerprint density at radius 3 is 2.65 bits per heavy atom. The summed E-state index contributed by atoms with van der Waals surface area (Å²) in [6.07, 6.45) is 7.04. The van der Waals surface area contributed by atoms with Gasteiger partial charge in [0.15, 0.2) is 11.6 Å². The maximum Gasteiger partial charge on any atom is 0.251 e. The van der Waals surface area contributed by atoms with Gasteiger partial charge in [0.2, 0.25) is 5.95 Å². The van der Waals surface area contributed by atoms with E-state index in [2.05, 4.69) is 25.7 Å². The first kappa shape index (κ1) is 22.2. The highest BCUT2D eigenvalue weighted by Gasteiger charge is 2.15. The Morgan fingerprint density at radius 1 is 1.26 bits per heavy atom. The number of carbonyl (C=O) groups excluding carboxylic acids is 1. The summed E-state index contributed by atoms with van der Waals surface area (Å²) in [7, 11) is 2.88. The number of aliphatic hydroxyl groups excluding tert-OH is 1. The molecule has 1 aromatic carbocycles. The van der Waals surface area contributed by atoms with E-state index >= 15 is 0 Å². The lowest BCUT2D eigenvalue weighted by molar-refractivity contribution is 0.0962. The molecule has 10 heteroatoms. The predicted molar refractivity (Wildman–Crippen MR) is 113 cm³/mol. The molecule has 0 spiro atoms. The van der Waals surface area contributed by atoms with Crippen molar-refractivity contribution >= 4 is 17.5 Å². The smallest absolute Gasteiger partial charge is 0.251 e. The van der Waals surface area contributed by atoms with E-state index in [1.807, 2.05) is 0 Å². The SMILES string of the molecule is CNC(=O)c1cc(CCc2cnc(Nc3cnn(C[C@@H](C)O)c3)nc2)c(F)c(OC)c1. The standard InChI is InChI=1S/C21H25FN6O3/c1-13(29)11-28-12-17(10-26-28)27-21-24-8-14(9-25-21)4-5-15-6-16(20(30)23-2)7-18(31-3)19(15)22/h6-10,12-13,29H,4-5,11H2,1-3H3,(H,23,30)(H,24,25,27)/t13-/m1/s1. The normalized spacial score (nSPS) is 11.8. The molecule has 3 rings (SSSR count). The zero-order chi connectivity index (χ0) is 22.4. The second-order valence-electron chi connectivity index (χ2n) is 7.07. The summed E-state index contributed by atoms with van der Waals surface area (Å²) in [6, 6.07) is 2.91. The van der Waals surface area contributed by atoms with Gasteiger partial charge in [-0.1, -0.05) is 0 Å². The number of ether oxygens (including phenoxy) is 1. The van der Waals surface area contributed by atoms with Crippen molar-refractivity contribution in [3.63, 3.8) is 0 Å². The molecular weight excluding hydrogens is 403 g/mol. The van der Waals surface area contributed by atoms with E-state index in [-0.39, 0.29) is 11.7 Å². The zero-order valence-corrected chi connectivity index (χ0v) is 17.6. The third kappa shape index (κ3) is 5.76. The molecule has 3 aromatic rings. The number of hydrogen-bond donors (Lipinski definition) is 3. The molecule has 3 N–H and O–H groups in total. The number of carbonyl (C=O) groups is 1. The number of amides is 1. The summed E-state index contributed by atoms with van der Waals surface area (Å²) in [5.41, 5.74) is 2.24. The van der Waals surface area contributed by atoms with Crippen LogP contribution in [-0.4, -0.2) is 51.0 Å². The van der Waals surface area contributed by atoms with Crippen molar-refractivity contribution in [2.24, 2.45) is 0 Å². The Kier molecular flexibility index (Phi) is 7.14. The summed E-state index contributed by atoms with van der Waals surface area (Å²) in [5.74, 6) is -0.364. The van der Waals surface area contributed by atoms with Gasteiger partial charge in [-0.25, -0.2) is 14.4 Å². The largest absolute Gasteiger partial charge is 0.494 e. The molecule has 0 aliphatic carbocycles. The second kappa shape index (κ2) is 9.98. The van der Waals surface area contributed by atoms with Crippen LogP contribution < -0.4 is 15.4 Å². The maximum atomic E-state index is 14.6. The Bertz CT molecular complexity index is 1040. The summed E-state index contributed by atoms with van der Waals surface area (Å²) in [5, 5.41) is 19.1. The molecule has 0 unspecified atom stereocenters. The van der Waals surface area contributed by atoms with Crippen molar-refractivity contribution in [3.05, 3.63) is 59.4 Å². The van der Waals surface area contributed by atoms with Crippen LogP contribution in [-0.2, 0) is 19.4 Å². The van der Waals surface area contributed by atoms with Crippen LogP contribution in [0, 0.1) is 5.82 Å². The average molecular weight is 428 g/mol. The highest BCUT2D eigenvalue weighted by atomic mass is 19.1. The number of aromatic nitrogens is 4. The van der Waals surface area contributed by atoms with E-state index in [0.29, 0.717) is 42.1 Å². The number of rotatable bonds is 9. The van der Waals surface area contributed by atoms with Crippen LogP contribution in [0.15, 0.2) is 36.9 Å². The molecule has 1 atom stereocenters. The first-order chi connectivity index (χ1) is 14.9. The molecule has 164 valence electrons. The van der Waals surface area contributed by atoms with Gasteiger partial charge in [0.25, 0.3) is 5.91 Å². The number of anilines is 2. The molecule has 0 saturated carbocycles. The lowest BCUT2D eigenvalue weighted by atomic mass is 10.0. The monoisotopic (exact) mass is 428 g/mol. The van der Waals surface area contributed by atoms with E-state index in [0.717, 1.165) is 5.56 Å². The van der Waals surface area contributed by atoms with Crippen molar-refractivity contribution in [3.8, 4) is 5.75 Å². The lowest BCUT2D eigenvalue weighted by Crippen LogP contribution is -2.18. The number of nitrogens with zero attached hydrogens (tertiary/aromatic N) is 4. The predicted octanol–water partition coefficient (Wildman–Crippen LogP) is 2.09. The van der Waals surface area contributed by atoms with Crippen LogP contribution in [0.2, 0.25) is 0 Å². The fraction of sp³-hybridized carbons (Fsp3) is 0.333. The first-order valence-corrected chi connectivity index (χ1v) is 9.76. The van der Waals surface area contributed by atoms with E-state index < -0.39 is 11.9 Å². The summed E-state index contributed by atoms with van der Waals surface area (Å²) in [4.78, 5) is 20.5. The van der Waals surface area contributed by atoms with Gasteiger partial charge in [0, 0.05) is 31.2 Å². The molecule has 0 bridgehead atoms. The number of benzene rings is 1. The van der Waals surface area contributed by atoms with Gasteiger partial charge in [-0.2, -0.15) is 5.10 Å². The van der Waals surface area contributed by atoms with Gasteiger partial charge >= 0.3 is 0 Å². The van der Waals surface area contributed by atoms with Crippen molar-refractivity contribution in [2.45, 2.75) is 32.4 Å². The van der Waals surface area contributed by atoms with Gasteiger partial charge in [-0.15, -0.1) is 0 Å². The number of aliphatic hydroxyl groups is 1. The Labute approximate surface area is 179 Å². The molecule has 1 amide bonds. The topological polar surface area (TPSA) is 114 Å². The summed E-state index contributed by atoms with van der Waals surface area (Å²) in [6.45, 7) is 2.08. The van der Waals surface area contributed by atoms with Gasteiger partial charge in [-0.05, 0) is 43.0 Å². The van der Waals surface area contributed by atoms with Crippen molar-refractivity contribution in [1.29, 1.82) is 0 Å². The molecule has 0 fully saturated rings. The molecule has 2 aromatic heterocycles. The third-order valence-corrected chi connectivity index (χ3v) is 4.55. The van der Waals surface area contributed by atoms with E-state index in [4.69, 9.17) is 4.74 Å². The van der Waals surface area contributed by atoms with Crippen LogP contribution in [0.4, 0.5) is 16.0 Å². The molecule has 0 aliphatic rings. The average Bonchev–Trinajstić information content (AvgIpc) is 3.19. The molecule has 0 saturated heterocycles. The number of nitrogens with one attached hydrogen (secondary N) is 2. The molecular formula is C21H25FN6O3. The summed E-state index contributed by atoms with van der Waals surface area (Å²) >= 11 is 0. The number of hydrogen-bond acceptors (Lipinski definition) is 7. The van der Waals surface area contributed by atoms with Crippen molar-refractivity contribution in [1.82, 2.24) is 25.1 Å². The van der Waals surface area contributed by atoms with E-state index in [9.17, 15) is 14.3 Å².